The van der Waals surface area contributed by atoms with Crippen molar-refractivity contribution in [2.45, 2.75) is 20.0 Å². The Bertz CT molecular complexity index is 1270. The molecule has 0 aliphatic carbocycles. The smallest absolute Gasteiger partial charge is 0.311 e. The van der Waals surface area contributed by atoms with Crippen LogP contribution in [0.2, 0.25) is 5.02 Å². The van der Waals surface area contributed by atoms with Crippen LogP contribution in [0, 0.1) is 12.8 Å². The van der Waals surface area contributed by atoms with Gasteiger partial charge in [-0.2, -0.15) is 0 Å². The maximum Gasteiger partial charge on any atom is 0.311 e. The number of fused-ring (bicyclic) bond motifs is 1. The first-order valence-electron chi connectivity index (χ1n) is 9.67. The van der Waals surface area contributed by atoms with Crippen LogP contribution < -0.4 is 19.9 Å². The number of esters is 1. The van der Waals surface area contributed by atoms with Crippen molar-refractivity contribution in [1.29, 1.82) is 0 Å². The van der Waals surface area contributed by atoms with E-state index in [0.29, 0.717) is 32.9 Å². The highest BCUT2D eigenvalue weighted by Crippen LogP contribution is 2.40. The van der Waals surface area contributed by atoms with Crippen LogP contribution >= 0.6 is 22.9 Å². The number of hydrogen-bond donors (Lipinski definition) is 0. The molecular weight excluding hydrogens is 458 g/mol. The lowest BCUT2D eigenvalue weighted by Crippen LogP contribution is -2.27. The molecular formula is C21H20ClN3O6S. The molecule has 2 aromatic heterocycles. The van der Waals surface area contributed by atoms with Crippen LogP contribution in [0.1, 0.15) is 17.8 Å². The van der Waals surface area contributed by atoms with Gasteiger partial charge in [-0.3, -0.25) is 18.8 Å². The Morgan fingerprint density at radius 2 is 1.97 bits per heavy atom. The summed E-state index contributed by atoms with van der Waals surface area (Å²) in [5, 5.41) is 2.15. The quantitative estimate of drug-likeness (QED) is 0.503. The molecule has 1 atom stereocenters. The molecule has 168 valence electrons. The normalized spacial score (nSPS) is 15.9. The zero-order chi connectivity index (χ0) is 23.0. The van der Waals surface area contributed by atoms with Crippen LogP contribution in [-0.2, 0) is 20.9 Å². The third-order valence-electron chi connectivity index (χ3n) is 5.19. The number of halogens is 1. The van der Waals surface area contributed by atoms with E-state index < -0.39 is 11.9 Å². The molecule has 9 nitrogen and oxygen atoms in total. The minimum absolute atomic E-state index is 0.00905. The van der Waals surface area contributed by atoms with Crippen molar-refractivity contribution in [3.8, 4) is 11.5 Å². The molecule has 0 spiro atoms. The van der Waals surface area contributed by atoms with Crippen LogP contribution in [0.25, 0.3) is 4.96 Å². The highest BCUT2D eigenvalue weighted by atomic mass is 35.5. The number of aromatic nitrogens is 2. The Morgan fingerprint density at radius 1 is 1.22 bits per heavy atom. The number of rotatable bonds is 6. The number of anilines is 1. The number of nitrogens with zero attached hydrogens (tertiary/aromatic N) is 3. The summed E-state index contributed by atoms with van der Waals surface area (Å²) in [6.07, 6.45) is -0.00905. The van der Waals surface area contributed by atoms with E-state index in [1.165, 1.54) is 40.9 Å². The lowest BCUT2D eigenvalue weighted by atomic mass is 10.1. The lowest BCUT2D eigenvalue weighted by Gasteiger charge is -2.20. The third-order valence-corrected chi connectivity index (χ3v) is 6.43. The average molecular weight is 478 g/mol. The maximum atomic E-state index is 12.6. The number of benzene rings is 1. The zero-order valence-electron chi connectivity index (χ0n) is 17.6. The van der Waals surface area contributed by atoms with Gasteiger partial charge in [-0.1, -0.05) is 11.6 Å². The van der Waals surface area contributed by atoms with Gasteiger partial charge in [0, 0.05) is 36.2 Å². The fourth-order valence-corrected chi connectivity index (χ4v) is 4.72. The topological polar surface area (TPSA) is 99.4 Å². The van der Waals surface area contributed by atoms with E-state index in [9.17, 15) is 14.4 Å². The first kappa shape index (κ1) is 22.1. The molecule has 3 aromatic rings. The van der Waals surface area contributed by atoms with Gasteiger partial charge >= 0.3 is 5.97 Å². The van der Waals surface area contributed by atoms with Gasteiger partial charge in [0.15, 0.2) is 4.96 Å². The standard InChI is InChI=1S/C21H20ClN3O6S/c1-11-10-32-21-23-13(5-19(27)25(11)21)9-31-20(28)12-4-18(26)24(8-12)15-6-14(22)16(29-2)7-17(15)30-3/h5-7,10,12H,4,8-9H2,1-3H3. The minimum Gasteiger partial charge on any atom is -0.495 e. The van der Waals surface area contributed by atoms with Gasteiger partial charge in [0.2, 0.25) is 5.91 Å². The summed E-state index contributed by atoms with van der Waals surface area (Å²) in [4.78, 5) is 43.9. The third kappa shape index (κ3) is 4.03. The number of hydrogen-bond acceptors (Lipinski definition) is 8. The predicted molar refractivity (Wildman–Crippen MR) is 119 cm³/mol. The maximum absolute atomic E-state index is 12.6. The summed E-state index contributed by atoms with van der Waals surface area (Å²) < 4.78 is 17.4. The highest BCUT2D eigenvalue weighted by Gasteiger charge is 2.37. The molecule has 0 N–H and O–H groups in total. The largest absolute Gasteiger partial charge is 0.495 e. The molecule has 1 aromatic carbocycles. The van der Waals surface area contributed by atoms with Crippen LogP contribution in [0.3, 0.4) is 0 Å². The molecule has 32 heavy (non-hydrogen) atoms. The van der Waals surface area contributed by atoms with Crippen molar-refractivity contribution in [1.82, 2.24) is 9.38 Å². The second kappa shape index (κ2) is 8.79. The molecule has 11 heteroatoms. The summed E-state index contributed by atoms with van der Waals surface area (Å²) >= 11 is 7.55. The van der Waals surface area contributed by atoms with Crippen LogP contribution in [-0.4, -0.2) is 42.0 Å². The minimum atomic E-state index is -0.665. The van der Waals surface area contributed by atoms with E-state index in [4.69, 9.17) is 25.8 Å². The van der Waals surface area contributed by atoms with Gasteiger partial charge in [0.25, 0.3) is 5.56 Å². The molecule has 1 fully saturated rings. The molecule has 1 aliphatic rings. The van der Waals surface area contributed by atoms with E-state index in [1.54, 1.807) is 12.1 Å². The molecule has 1 aliphatic heterocycles. The van der Waals surface area contributed by atoms with E-state index in [1.807, 2.05) is 12.3 Å². The molecule has 0 saturated carbocycles. The Balaban J connectivity index is 1.47. The number of thiazole rings is 1. The fraction of sp³-hybridized carbons (Fsp3) is 0.333. The first-order chi connectivity index (χ1) is 15.3. The first-order valence-corrected chi connectivity index (χ1v) is 10.9. The monoisotopic (exact) mass is 477 g/mol. The summed E-state index contributed by atoms with van der Waals surface area (Å²) in [6, 6.07) is 4.50. The number of carbonyl (C=O) groups excluding carboxylic acids is 2. The van der Waals surface area contributed by atoms with E-state index in [2.05, 4.69) is 4.98 Å². The van der Waals surface area contributed by atoms with Crippen LogP contribution in [0.15, 0.2) is 28.4 Å². The Labute approximate surface area is 192 Å². The number of carbonyl (C=O) groups is 2. The number of methoxy groups -OCH3 is 2. The van der Waals surface area contributed by atoms with Gasteiger partial charge in [-0.15, -0.1) is 11.3 Å². The summed E-state index contributed by atoms with van der Waals surface area (Å²) in [7, 11) is 2.95. The molecule has 1 amide bonds. The van der Waals surface area contributed by atoms with Crippen molar-refractivity contribution in [2.24, 2.45) is 5.92 Å². The summed E-state index contributed by atoms with van der Waals surface area (Å²) in [5.74, 6) is -0.641. The second-order valence-electron chi connectivity index (χ2n) is 7.25. The Morgan fingerprint density at radius 3 is 2.69 bits per heavy atom. The van der Waals surface area contributed by atoms with Gasteiger partial charge in [0.1, 0.15) is 18.1 Å². The second-order valence-corrected chi connectivity index (χ2v) is 8.50. The van der Waals surface area contributed by atoms with Crippen molar-refractivity contribution in [3.05, 3.63) is 50.3 Å². The van der Waals surface area contributed by atoms with Crippen molar-refractivity contribution < 1.29 is 23.8 Å². The summed E-state index contributed by atoms with van der Waals surface area (Å²) in [6.45, 7) is 1.79. The molecule has 1 unspecified atom stereocenters. The van der Waals surface area contributed by atoms with Crippen LogP contribution in [0.5, 0.6) is 11.5 Å². The number of amides is 1. The van der Waals surface area contributed by atoms with Gasteiger partial charge < -0.3 is 19.1 Å². The molecule has 4 rings (SSSR count). The van der Waals surface area contributed by atoms with Crippen molar-refractivity contribution in [3.63, 3.8) is 0 Å². The van der Waals surface area contributed by atoms with Crippen molar-refractivity contribution >= 4 is 45.5 Å². The zero-order valence-corrected chi connectivity index (χ0v) is 19.2. The molecule has 3 heterocycles. The SMILES string of the molecule is COc1cc(OC)c(N2CC(C(=O)OCc3cc(=O)n4c(C)csc4n3)CC2=O)cc1Cl. The van der Waals surface area contributed by atoms with Gasteiger partial charge in [-0.05, 0) is 13.0 Å². The summed E-state index contributed by atoms with van der Waals surface area (Å²) in [5.41, 5.74) is 1.37. The van der Waals surface area contributed by atoms with E-state index in [-0.39, 0.29) is 31.0 Å². The number of aryl methyl sites for hydroxylation is 1. The van der Waals surface area contributed by atoms with Crippen LogP contribution in [0.4, 0.5) is 5.69 Å². The average Bonchev–Trinajstić information content (AvgIpc) is 3.34. The predicted octanol–water partition coefficient (Wildman–Crippen LogP) is 2.83. The fourth-order valence-electron chi connectivity index (χ4n) is 3.59. The Hall–Kier alpha value is -3.11. The van der Waals surface area contributed by atoms with Crippen molar-refractivity contribution in [2.75, 3.05) is 25.7 Å². The number of ether oxygens (including phenoxy) is 3. The van der Waals surface area contributed by atoms with Gasteiger partial charge in [0.05, 0.1) is 36.5 Å². The molecule has 0 radical (unpaired) electrons. The molecule has 1 saturated heterocycles. The highest BCUT2D eigenvalue weighted by molar-refractivity contribution is 7.15. The molecule has 0 bridgehead atoms. The lowest BCUT2D eigenvalue weighted by molar-refractivity contribution is -0.149. The van der Waals surface area contributed by atoms with E-state index >= 15 is 0 Å². The van der Waals surface area contributed by atoms with E-state index in [0.717, 1.165) is 5.69 Å². The Kier molecular flexibility index (Phi) is 6.07. The van der Waals surface area contributed by atoms with Gasteiger partial charge in [-0.25, -0.2) is 4.98 Å².